The lowest BCUT2D eigenvalue weighted by molar-refractivity contribution is -0.126. The molecule has 1 saturated carbocycles. The Morgan fingerprint density at radius 2 is 1.75 bits per heavy atom. The maximum atomic E-state index is 12.9. The number of amides is 1. The molecule has 150 valence electrons. The highest BCUT2D eigenvalue weighted by molar-refractivity contribution is 5.81. The fourth-order valence-corrected chi connectivity index (χ4v) is 4.44. The molecule has 1 atom stereocenters. The molecule has 1 aliphatic heterocycles. The molecule has 1 aromatic heterocycles. The molecule has 0 radical (unpaired) electrons. The summed E-state index contributed by atoms with van der Waals surface area (Å²) in [6.07, 6.45) is 9.18. The molecule has 2 heterocycles. The minimum absolute atomic E-state index is 0.00465. The summed E-state index contributed by atoms with van der Waals surface area (Å²) in [5.41, 5.74) is 1.67. The van der Waals surface area contributed by atoms with Gasteiger partial charge in [-0.1, -0.05) is 37.8 Å². The van der Waals surface area contributed by atoms with E-state index in [1.807, 2.05) is 24.3 Å². The number of hydrogen-bond acceptors (Lipinski definition) is 5. The lowest BCUT2D eigenvalue weighted by Gasteiger charge is -2.34. The highest BCUT2D eigenvalue weighted by atomic mass is 16.5. The Kier molecular flexibility index (Phi) is 5.93. The van der Waals surface area contributed by atoms with E-state index in [2.05, 4.69) is 15.2 Å². The zero-order valence-electron chi connectivity index (χ0n) is 16.7. The second-order valence-corrected chi connectivity index (χ2v) is 8.03. The lowest BCUT2D eigenvalue weighted by atomic mass is 9.96. The van der Waals surface area contributed by atoms with Gasteiger partial charge in [0.2, 0.25) is 5.91 Å². The first-order valence-corrected chi connectivity index (χ1v) is 10.6. The van der Waals surface area contributed by atoms with Gasteiger partial charge in [-0.25, -0.2) is 9.97 Å². The normalized spacial score (nSPS) is 21.3. The number of nitrogens with one attached hydrogen (secondary N) is 1. The van der Waals surface area contributed by atoms with Crippen molar-refractivity contribution in [3.05, 3.63) is 24.3 Å². The summed E-state index contributed by atoms with van der Waals surface area (Å²) >= 11 is 0. The standard InChI is InChI=1S/C22H30N4O2/c1-28-22-20(24-18-12-6-7-13-19(18)25-22)26-14-8-9-16(15-26)21(27)23-17-10-4-2-3-5-11-17/h6-7,12-13,16-17H,2-5,8-11,14-15H2,1H3,(H,23,27)/t16-/m0/s1. The second-order valence-electron chi connectivity index (χ2n) is 8.03. The number of rotatable bonds is 4. The summed E-state index contributed by atoms with van der Waals surface area (Å²) in [6, 6.07) is 8.16. The van der Waals surface area contributed by atoms with E-state index in [1.54, 1.807) is 7.11 Å². The van der Waals surface area contributed by atoms with Crippen molar-refractivity contribution in [1.29, 1.82) is 0 Å². The molecule has 1 saturated heterocycles. The molecule has 0 spiro atoms. The van der Waals surface area contributed by atoms with Crippen LogP contribution in [0.15, 0.2) is 24.3 Å². The van der Waals surface area contributed by atoms with Gasteiger partial charge in [0.25, 0.3) is 5.88 Å². The van der Waals surface area contributed by atoms with E-state index in [4.69, 9.17) is 9.72 Å². The number of methoxy groups -OCH3 is 1. The van der Waals surface area contributed by atoms with Crippen LogP contribution in [0.1, 0.15) is 51.4 Å². The van der Waals surface area contributed by atoms with Crippen LogP contribution in [-0.4, -0.2) is 42.1 Å². The van der Waals surface area contributed by atoms with Crippen LogP contribution in [0.4, 0.5) is 5.82 Å². The van der Waals surface area contributed by atoms with Crippen LogP contribution in [-0.2, 0) is 4.79 Å². The van der Waals surface area contributed by atoms with Gasteiger partial charge in [0, 0.05) is 19.1 Å². The number of carbonyl (C=O) groups is 1. The average molecular weight is 383 g/mol. The predicted molar refractivity (Wildman–Crippen MR) is 111 cm³/mol. The van der Waals surface area contributed by atoms with Gasteiger partial charge in [-0.15, -0.1) is 0 Å². The van der Waals surface area contributed by atoms with E-state index in [0.29, 0.717) is 18.5 Å². The summed E-state index contributed by atoms with van der Waals surface area (Å²) < 4.78 is 5.52. The second kappa shape index (κ2) is 8.76. The maximum absolute atomic E-state index is 12.9. The van der Waals surface area contributed by atoms with Gasteiger partial charge >= 0.3 is 0 Å². The molecule has 6 nitrogen and oxygen atoms in total. The zero-order valence-corrected chi connectivity index (χ0v) is 16.7. The predicted octanol–water partition coefficient (Wildman–Crippen LogP) is 3.69. The monoisotopic (exact) mass is 382 g/mol. The number of para-hydroxylation sites is 2. The molecule has 1 aliphatic carbocycles. The van der Waals surface area contributed by atoms with Crippen LogP contribution < -0.4 is 15.0 Å². The number of hydrogen-bond donors (Lipinski definition) is 1. The average Bonchev–Trinajstić information content (AvgIpc) is 3.01. The highest BCUT2D eigenvalue weighted by Crippen LogP contribution is 2.30. The van der Waals surface area contributed by atoms with Gasteiger partial charge in [-0.3, -0.25) is 4.79 Å². The SMILES string of the molecule is COc1nc2ccccc2nc1N1CCC[C@H](C(=O)NC2CCCCCC2)C1. The van der Waals surface area contributed by atoms with Gasteiger partial charge in [0.1, 0.15) is 0 Å². The summed E-state index contributed by atoms with van der Waals surface area (Å²) in [4.78, 5) is 24.5. The minimum Gasteiger partial charge on any atom is -0.478 e. The summed E-state index contributed by atoms with van der Waals surface area (Å²) in [6.45, 7) is 1.54. The van der Waals surface area contributed by atoms with Crippen LogP contribution in [0.5, 0.6) is 5.88 Å². The van der Waals surface area contributed by atoms with Gasteiger partial charge in [-0.05, 0) is 37.8 Å². The number of aromatic nitrogens is 2. The third-order valence-corrected chi connectivity index (χ3v) is 6.01. The largest absolute Gasteiger partial charge is 0.478 e. The zero-order chi connectivity index (χ0) is 19.3. The third kappa shape index (κ3) is 4.21. The van der Waals surface area contributed by atoms with Gasteiger partial charge in [0.05, 0.1) is 24.1 Å². The molecule has 1 aromatic carbocycles. The summed E-state index contributed by atoms with van der Waals surface area (Å²) in [5, 5.41) is 3.33. The Bertz CT molecular complexity index is 817. The first-order valence-electron chi connectivity index (χ1n) is 10.6. The van der Waals surface area contributed by atoms with Crippen molar-refractivity contribution in [1.82, 2.24) is 15.3 Å². The number of anilines is 1. The molecule has 0 unspecified atom stereocenters. The number of fused-ring (bicyclic) bond motifs is 1. The number of nitrogens with zero attached hydrogens (tertiary/aromatic N) is 3. The summed E-state index contributed by atoms with van der Waals surface area (Å²) in [7, 11) is 1.63. The molecule has 28 heavy (non-hydrogen) atoms. The third-order valence-electron chi connectivity index (χ3n) is 6.01. The van der Waals surface area contributed by atoms with Gasteiger partial charge in [-0.2, -0.15) is 0 Å². The minimum atomic E-state index is -0.00465. The Balaban J connectivity index is 1.48. The van der Waals surface area contributed by atoms with E-state index in [9.17, 15) is 4.79 Å². The van der Waals surface area contributed by atoms with Crippen molar-refractivity contribution >= 4 is 22.8 Å². The maximum Gasteiger partial charge on any atom is 0.257 e. The van der Waals surface area contributed by atoms with Crippen LogP contribution in [0.25, 0.3) is 11.0 Å². The molecule has 2 aliphatic rings. The van der Waals surface area contributed by atoms with Crippen LogP contribution in [0, 0.1) is 5.92 Å². The fraction of sp³-hybridized carbons (Fsp3) is 0.591. The number of piperidine rings is 1. The molecule has 1 N–H and O–H groups in total. The Morgan fingerprint density at radius 1 is 1.04 bits per heavy atom. The molecule has 4 rings (SSSR count). The van der Waals surface area contributed by atoms with Crippen molar-refractivity contribution in [3.63, 3.8) is 0 Å². The number of carbonyl (C=O) groups excluding carboxylic acids is 1. The molecule has 1 amide bonds. The Morgan fingerprint density at radius 3 is 2.46 bits per heavy atom. The molecular formula is C22H30N4O2. The van der Waals surface area contributed by atoms with Crippen LogP contribution >= 0.6 is 0 Å². The quantitative estimate of drug-likeness (QED) is 0.817. The smallest absolute Gasteiger partial charge is 0.257 e. The molecule has 2 fully saturated rings. The van der Waals surface area contributed by atoms with E-state index < -0.39 is 0 Å². The van der Waals surface area contributed by atoms with Crippen molar-refractivity contribution in [3.8, 4) is 5.88 Å². The number of benzene rings is 1. The molecular weight excluding hydrogens is 352 g/mol. The lowest BCUT2D eigenvalue weighted by Crippen LogP contribution is -2.46. The van der Waals surface area contributed by atoms with E-state index >= 15 is 0 Å². The van der Waals surface area contributed by atoms with Crippen molar-refractivity contribution in [2.75, 3.05) is 25.1 Å². The first-order chi connectivity index (χ1) is 13.7. The van der Waals surface area contributed by atoms with Crippen molar-refractivity contribution in [2.45, 2.75) is 57.4 Å². The van der Waals surface area contributed by atoms with E-state index in [-0.39, 0.29) is 11.8 Å². The van der Waals surface area contributed by atoms with Gasteiger partial charge in [0.15, 0.2) is 5.82 Å². The van der Waals surface area contributed by atoms with Gasteiger partial charge < -0.3 is 15.0 Å². The van der Waals surface area contributed by atoms with Crippen molar-refractivity contribution in [2.24, 2.45) is 5.92 Å². The van der Waals surface area contributed by atoms with E-state index in [0.717, 1.165) is 49.1 Å². The highest BCUT2D eigenvalue weighted by Gasteiger charge is 2.30. The van der Waals surface area contributed by atoms with E-state index in [1.165, 1.54) is 25.7 Å². The first kappa shape index (κ1) is 19.0. The fourth-order valence-electron chi connectivity index (χ4n) is 4.44. The number of ether oxygens (including phenoxy) is 1. The Labute approximate surface area is 166 Å². The molecule has 6 heteroatoms. The van der Waals surface area contributed by atoms with Crippen LogP contribution in [0.3, 0.4) is 0 Å². The Hall–Kier alpha value is -2.37. The molecule has 2 aromatic rings. The molecule has 0 bridgehead atoms. The summed E-state index contributed by atoms with van der Waals surface area (Å²) in [5.74, 6) is 1.47. The topological polar surface area (TPSA) is 67.4 Å². The van der Waals surface area contributed by atoms with Crippen LogP contribution in [0.2, 0.25) is 0 Å². The van der Waals surface area contributed by atoms with Crippen molar-refractivity contribution < 1.29 is 9.53 Å².